The van der Waals surface area contributed by atoms with Gasteiger partial charge in [0.1, 0.15) is 5.76 Å². The smallest absolute Gasteiger partial charge is 0.138 e. The van der Waals surface area contributed by atoms with Gasteiger partial charge in [0.25, 0.3) is 0 Å². The Kier molecular flexibility index (Phi) is 4.33. The number of fused-ring (bicyclic) bond motifs is 1. The van der Waals surface area contributed by atoms with Crippen LogP contribution in [0.1, 0.15) is 36.3 Å². The average Bonchev–Trinajstić information content (AvgIpc) is 2.79. The lowest BCUT2D eigenvalue weighted by atomic mass is 9.73. The highest BCUT2D eigenvalue weighted by atomic mass is 16.5. The zero-order valence-corrected chi connectivity index (χ0v) is 13.4. The van der Waals surface area contributed by atoms with Crippen LogP contribution in [0.4, 0.5) is 0 Å². The molecule has 3 heterocycles. The highest BCUT2D eigenvalue weighted by Gasteiger charge is 2.46. The van der Waals surface area contributed by atoms with Gasteiger partial charge in [0.05, 0.1) is 18.4 Å². The molecular formula is C16H26N2O3. The molecule has 0 aromatic carbocycles. The number of hydrogen-bond donors (Lipinski definition) is 0. The van der Waals surface area contributed by atoms with Gasteiger partial charge in [-0.2, -0.15) is 0 Å². The molecule has 0 unspecified atom stereocenters. The normalized spacial score (nSPS) is 30.3. The average molecular weight is 294 g/mol. The van der Waals surface area contributed by atoms with Crippen LogP contribution in [-0.2, 0) is 16.0 Å². The van der Waals surface area contributed by atoms with Gasteiger partial charge in [0.2, 0.25) is 0 Å². The second-order valence-electron chi connectivity index (χ2n) is 6.56. The molecular weight excluding hydrogens is 268 g/mol. The fourth-order valence-corrected chi connectivity index (χ4v) is 3.97. The maximum absolute atomic E-state index is 6.03. The van der Waals surface area contributed by atoms with E-state index in [1.54, 1.807) is 7.11 Å². The molecule has 1 aromatic rings. The number of piperidine rings is 1. The number of nitrogens with zero attached hydrogens (tertiary/aromatic N) is 2. The van der Waals surface area contributed by atoms with Crippen LogP contribution in [0.5, 0.6) is 0 Å². The molecule has 3 rings (SSSR count). The van der Waals surface area contributed by atoms with Crippen LogP contribution in [0.3, 0.4) is 0 Å². The second-order valence-corrected chi connectivity index (χ2v) is 6.56. The van der Waals surface area contributed by atoms with Crippen molar-refractivity contribution in [2.75, 3.05) is 33.4 Å². The molecule has 2 saturated heterocycles. The van der Waals surface area contributed by atoms with E-state index in [1.807, 2.05) is 13.8 Å². The Labute approximate surface area is 126 Å². The molecule has 2 atom stereocenters. The lowest BCUT2D eigenvalue weighted by Gasteiger charge is -2.50. The van der Waals surface area contributed by atoms with Crippen LogP contribution in [-0.4, -0.2) is 49.6 Å². The highest BCUT2D eigenvalue weighted by molar-refractivity contribution is 5.20. The summed E-state index contributed by atoms with van der Waals surface area (Å²) in [6, 6.07) is 0. The number of ether oxygens (including phenoxy) is 2. The number of aryl methyl sites for hydroxylation is 2. The van der Waals surface area contributed by atoms with E-state index >= 15 is 0 Å². The quantitative estimate of drug-likeness (QED) is 0.853. The molecule has 0 aliphatic carbocycles. The Balaban J connectivity index is 1.74. The fraction of sp³-hybridized carbons (Fsp3) is 0.812. The van der Waals surface area contributed by atoms with Gasteiger partial charge in [0, 0.05) is 44.3 Å². The van der Waals surface area contributed by atoms with Gasteiger partial charge >= 0.3 is 0 Å². The first-order valence-corrected chi connectivity index (χ1v) is 7.89. The Bertz CT molecular complexity index is 464. The summed E-state index contributed by atoms with van der Waals surface area (Å²) in [4.78, 5) is 2.51. The van der Waals surface area contributed by atoms with Crippen molar-refractivity contribution in [3.8, 4) is 0 Å². The molecule has 0 amide bonds. The monoisotopic (exact) mass is 294 g/mol. The molecule has 118 valence electrons. The lowest BCUT2D eigenvalue weighted by Crippen LogP contribution is -2.56. The van der Waals surface area contributed by atoms with E-state index < -0.39 is 0 Å². The van der Waals surface area contributed by atoms with E-state index in [0.29, 0.717) is 6.10 Å². The van der Waals surface area contributed by atoms with Gasteiger partial charge in [-0.05, 0) is 33.1 Å². The summed E-state index contributed by atoms with van der Waals surface area (Å²) >= 11 is 0. The van der Waals surface area contributed by atoms with Crippen molar-refractivity contribution in [3.63, 3.8) is 0 Å². The van der Waals surface area contributed by atoms with E-state index in [4.69, 9.17) is 14.0 Å². The largest absolute Gasteiger partial charge is 0.384 e. The van der Waals surface area contributed by atoms with E-state index in [0.717, 1.165) is 57.1 Å². The molecule has 5 heteroatoms. The highest BCUT2D eigenvalue weighted by Crippen LogP contribution is 2.40. The Morgan fingerprint density at radius 1 is 1.43 bits per heavy atom. The number of hydrogen-bond acceptors (Lipinski definition) is 5. The minimum Gasteiger partial charge on any atom is -0.384 e. The van der Waals surface area contributed by atoms with Crippen molar-refractivity contribution in [1.29, 1.82) is 0 Å². The Morgan fingerprint density at radius 2 is 2.29 bits per heavy atom. The maximum Gasteiger partial charge on any atom is 0.138 e. The molecule has 0 spiro atoms. The maximum atomic E-state index is 6.03. The van der Waals surface area contributed by atoms with Crippen molar-refractivity contribution in [2.24, 2.45) is 5.41 Å². The topological polar surface area (TPSA) is 47.7 Å². The number of likely N-dealkylation sites (tertiary alicyclic amines) is 1. The van der Waals surface area contributed by atoms with Gasteiger partial charge in [-0.25, -0.2) is 0 Å². The third-order valence-electron chi connectivity index (χ3n) is 5.06. The minimum atomic E-state index is 0.157. The van der Waals surface area contributed by atoms with Gasteiger partial charge in [-0.3, -0.25) is 4.90 Å². The summed E-state index contributed by atoms with van der Waals surface area (Å²) in [6.45, 7) is 8.73. The standard InChI is InChI=1S/C16H26N2O3/c1-12-14(13(2)21-17-12)9-18-7-5-15-16(10-18,11-19-3)6-4-8-20-15/h15H,4-11H2,1-3H3/t15-,16-/m0/s1. The van der Waals surface area contributed by atoms with Crippen molar-refractivity contribution in [2.45, 2.75) is 45.8 Å². The minimum absolute atomic E-state index is 0.157. The lowest BCUT2D eigenvalue weighted by molar-refractivity contribution is -0.149. The molecule has 1 aromatic heterocycles. The van der Waals surface area contributed by atoms with Crippen molar-refractivity contribution < 1.29 is 14.0 Å². The zero-order valence-electron chi connectivity index (χ0n) is 13.4. The number of aromatic nitrogens is 1. The molecule has 5 nitrogen and oxygen atoms in total. The SMILES string of the molecule is COC[C@@]12CCCO[C@H]1CCN(Cc1c(C)noc1C)C2. The van der Waals surface area contributed by atoms with Gasteiger partial charge < -0.3 is 14.0 Å². The Morgan fingerprint density at radius 3 is 3.00 bits per heavy atom. The molecule has 2 fully saturated rings. The molecule has 2 aliphatic heterocycles. The van der Waals surface area contributed by atoms with Gasteiger partial charge in [0.15, 0.2) is 0 Å². The molecule has 2 aliphatic rings. The number of rotatable bonds is 4. The van der Waals surface area contributed by atoms with Crippen molar-refractivity contribution in [1.82, 2.24) is 10.1 Å². The molecule has 21 heavy (non-hydrogen) atoms. The first-order valence-electron chi connectivity index (χ1n) is 7.89. The van der Waals surface area contributed by atoms with Crippen LogP contribution in [0.2, 0.25) is 0 Å². The van der Waals surface area contributed by atoms with Crippen LogP contribution in [0.25, 0.3) is 0 Å². The Hall–Kier alpha value is -0.910. The van der Waals surface area contributed by atoms with Gasteiger partial charge in [-0.1, -0.05) is 5.16 Å². The molecule has 0 saturated carbocycles. The molecule has 0 bridgehead atoms. The fourth-order valence-electron chi connectivity index (χ4n) is 3.97. The van der Waals surface area contributed by atoms with E-state index in [9.17, 15) is 0 Å². The summed E-state index contributed by atoms with van der Waals surface area (Å²) in [5.74, 6) is 0.940. The number of methoxy groups -OCH3 is 1. The van der Waals surface area contributed by atoms with Crippen LogP contribution in [0.15, 0.2) is 4.52 Å². The third kappa shape index (κ3) is 2.87. The molecule has 0 radical (unpaired) electrons. The summed E-state index contributed by atoms with van der Waals surface area (Å²) in [6.07, 6.45) is 3.78. The summed E-state index contributed by atoms with van der Waals surface area (Å²) in [5.41, 5.74) is 2.40. The summed E-state index contributed by atoms with van der Waals surface area (Å²) in [5, 5.41) is 4.07. The zero-order chi connectivity index (χ0) is 14.9. The van der Waals surface area contributed by atoms with E-state index in [-0.39, 0.29) is 5.41 Å². The van der Waals surface area contributed by atoms with Crippen molar-refractivity contribution >= 4 is 0 Å². The summed E-state index contributed by atoms with van der Waals surface area (Å²) < 4.78 is 16.9. The first kappa shape index (κ1) is 15.0. The molecule has 0 N–H and O–H groups in total. The predicted octanol–water partition coefficient (Wildman–Crippen LogP) is 2.31. The summed E-state index contributed by atoms with van der Waals surface area (Å²) in [7, 11) is 1.80. The predicted molar refractivity (Wildman–Crippen MR) is 79.2 cm³/mol. The van der Waals surface area contributed by atoms with Crippen LogP contribution >= 0.6 is 0 Å². The van der Waals surface area contributed by atoms with Gasteiger partial charge in [-0.15, -0.1) is 0 Å². The van der Waals surface area contributed by atoms with Crippen molar-refractivity contribution in [3.05, 3.63) is 17.0 Å². The first-order chi connectivity index (χ1) is 10.1. The second kappa shape index (κ2) is 6.07. The third-order valence-corrected chi connectivity index (χ3v) is 5.06. The van der Waals surface area contributed by atoms with E-state index in [2.05, 4.69) is 10.1 Å². The van der Waals surface area contributed by atoms with Crippen LogP contribution < -0.4 is 0 Å². The van der Waals surface area contributed by atoms with Crippen LogP contribution in [0, 0.1) is 19.3 Å². The van der Waals surface area contributed by atoms with E-state index in [1.165, 1.54) is 12.0 Å².